The average molecular weight is 393 g/mol. The first-order chi connectivity index (χ1) is 13.3. The lowest BCUT2D eigenvalue weighted by atomic mass is 9.77. The molecule has 1 aliphatic heterocycles. The Morgan fingerprint density at radius 1 is 1.25 bits per heavy atom. The van der Waals surface area contributed by atoms with E-state index in [0.717, 1.165) is 30.7 Å². The van der Waals surface area contributed by atoms with E-state index in [9.17, 15) is 18.0 Å². The highest BCUT2D eigenvalue weighted by Gasteiger charge is 2.50. The first-order valence-electron chi connectivity index (χ1n) is 10.0. The highest BCUT2D eigenvalue weighted by molar-refractivity contribution is 6.00. The van der Waals surface area contributed by atoms with Crippen molar-refractivity contribution in [1.82, 2.24) is 4.90 Å². The lowest BCUT2D eigenvalue weighted by molar-refractivity contribution is -0.200. The summed E-state index contributed by atoms with van der Waals surface area (Å²) < 4.78 is 46.1. The molecule has 0 radical (unpaired) electrons. The molecule has 1 heterocycles. The zero-order valence-electron chi connectivity index (χ0n) is 16.0. The molecule has 3 aliphatic carbocycles. The van der Waals surface area contributed by atoms with Gasteiger partial charge in [0.05, 0.1) is 13.0 Å². The molecule has 4 aliphatic rings. The van der Waals surface area contributed by atoms with E-state index >= 15 is 0 Å². The standard InChI is InChI=1S/C22H26F3NO2/c1-28-18-7-6-15-10-17(5-4-16(15)11-18)21(27)19-13-26(12-14-2-3-14)9-8-20(19)22(23,24)25/h5-7,10-11,14,16,19-20H,2-4,8-9,12-13H2,1H3. The number of halogens is 3. The van der Waals surface area contributed by atoms with Gasteiger partial charge in [-0.2, -0.15) is 13.2 Å². The van der Waals surface area contributed by atoms with E-state index < -0.39 is 18.0 Å². The van der Waals surface area contributed by atoms with Gasteiger partial charge in [0.25, 0.3) is 0 Å². The van der Waals surface area contributed by atoms with Crippen molar-refractivity contribution >= 4 is 5.78 Å². The van der Waals surface area contributed by atoms with Crippen LogP contribution in [0.3, 0.4) is 0 Å². The van der Waals surface area contributed by atoms with Crippen LogP contribution in [0.4, 0.5) is 13.2 Å². The molecule has 0 bridgehead atoms. The fraction of sp³-hybridized carbons (Fsp3) is 0.591. The van der Waals surface area contributed by atoms with Gasteiger partial charge in [0.1, 0.15) is 5.76 Å². The van der Waals surface area contributed by atoms with E-state index in [2.05, 4.69) is 4.90 Å². The number of ether oxygens (including phenoxy) is 1. The van der Waals surface area contributed by atoms with Crippen molar-refractivity contribution in [3.05, 3.63) is 47.3 Å². The average Bonchev–Trinajstić information content (AvgIpc) is 3.49. The predicted molar refractivity (Wildman–Crippen MR) is 100 cm³/mol. The summed E-state index contributed by atoms with van der Waals surface area (Å²) in [6, 6.07) is 0. The largest absolute Gasteiger partial charge is 0.497 e. The molecular formula is C22H26F3NO2. The quantitative estimate of drug-likeness (QED) is 0.692. The number of allylic oxidation sites excluding steroid dienone is 7. The molecule has 1 saturated carbocycles. The van der Waals surface area contributed by atoms with Crippen LogP contribution in [0.25, 0.3) is 0 Å². The number of alkyl halides is 3. The van der Waals surface area contributed by atoms with E-state index in [1.807, 2.05) is 18.2 Å². The number of rotatable bonds is 5. The summed E-state index contributed by atoms with van der Waals surface area (Å²) in [6.07, 6.45) is 7.86. The SMILES string of the molecule is COC1=CC2CC=C(C(=O)C3CN(CC4CC4)CCC3C(F)(F)F)C=C2C=C1. The van der Waals surface area contributed by atoms with Crippen molar-refractivity contribution in [2.75, 3.05) is 26.7 Å². The molecule has 3 unspecified atom stereocenters. The van der Waals surface area contributed by atoms with Gasteiger partial charge in [0.15, 0.2) is 5.78 Å². The maximum atomic E-state index is 13.6. The van der Waals surface area contributed by atoms with Crippen molar-refractivity contribution < 1.29 is 22.7 Å². The number of likely N-dealkylation sites (tertiary alicyclic amines) is 1. The van der Waals surface area contributed by atoms with Gasteiger partial charge < -0.3 is 9.64 Å². The Balaban J connectivity index is 1.52. The molecule has 3 nitrogen and oxygen atoms in total. The highest BCUT2D eigenvalue weighted by Crippen LogP contribution is 2.41. The molecule has 152 valence electrons. The molecule has 0 aromatic rings. The van der Waals surface area contributed by atoms with E-state index in [1.165, 1.54) is 0 Å². The molecule has 0 N–H and O–H groups in total. The molecule has 28 heavy (non-hydrogen) atoms. The molecular weight excluding hydrogens is 367 g/mol. The molecule has 0 aromatic heterocycles. The van der Waals surface area contributed by atoms with Crippen LogP contribution in [0.2, 0.25) is 0 Å². The van der Waals surface area contributed by atoms with Crippen molar-refractivity contribution in [2.24, 2.45) is 23.7 Å². The van der Waals surface area contributed by atoms with E-state index in [-0.39, 0.29) is 24.7 Å². The maximum Gasteiger partial charge on any atom is 0.392 e. The van der Waals surface area contributed by atoms with Crippen molar-refractivity contribution in [3.63, 3.8) is 0 Å². The number of hydrogen-bond acceptors (Lipinski definition) is 3. The minimum Gasteiger partial charge on any atom is -0.497 e. The summed E-state index contributed by atoms with van der Waals surface area (Å²) in [6.45, 7) is 1.47. The Kier molecular flexibility index (Phi) is 5.25. The van der Waals surface area contributed by atoms with Crippen molar-refractivity contribution in [3.8, 4) is 0 Å². The number of nitrogens with zero attached hydrogens (tertiary/aromatic N) is 1. The van der Waals surface area contributed by atoms with Crippen molar-refractivity contribution in [1.29, 1.82) is 0 Å². The van der Waals surface area contributed by atoms with Crippen LogP contribution in [0, 0.1) is 23.7 Å². The van der Waals surface area contributed by atoms with Crippen LogP contribution >= 0.6 is 0 Å². The summed E-state index contributed by atoms with van der Waals surface area (Å²) in [7, 11) is 1.60. The van der Waals surface area contributed by atoms with Gasteiger partial charge in [-0.05, 0) is 61.9 Å². The lowest BCUT2D eigenvalue weighted by Gasteiger charge is -2.39. The Bertz CT molecular complexity index is 758. The van der Waals surface area contributed by atoms with E-state index in [0.29, 0.717) is 24.5 Å². The number of hydrogen-bond donors (Lipinski definition) is 0. The van der Waals surface area contributed by atoms with Crippen LogP contribution in [-0.4, -0.2) is 43.6 Å². The van der Waals surface area contributed by atoms with Crippen LogP contribution in [0.15, 0.2) is 47.3 Å². The number of carbonyl (C=O) groups is 1. The number of Topliss-reactive ketones (excluding diaryl/α,β-unsaturated/α-hetero) is 1. The number of piperidine rings is 1. The Morgan fingerprint density at radius 3 is 2.71 bits per heavy atom. The summed E-state index contributed by atoms with van der Waals surface area (Å²) in [4.78, 5) is 15.2. The smallest absolute Gasteiger partial charge is 0.392 e. The van der Waals surface area contributed by atoms with E-state index in [1.54, 1.807) is 19.3 Å². The number of ketones is 1. The second-order valence-electron chi connectivity index (χ2n) is 8.36. The normalized spacial score (nSPS) is 30.9. The van der Waals surface area contributed by atoms with Gasteiger partial charge in [-0.25, -0.2) is 0 Å². The van der Waals surface area contributed by atoms with Gasteiger partial charge in [-0.15, -0.1) is 0 Å². The maximum absolute atomic E-state index is 13.6. The third-order valence-electron chi connectivity index (χ3n) is 6.34. The minimum atomic E-state index is -4.34. The predicted octanol–water partition coefficient (Wildman–Crippen LogP) is 4.44. The molecule has 0 spiro atoms. The van der Waals surface area contributed by atoms with Gasteiger partial charge in [-0.3, -0.25) is 4.79 Å². The van der Waals surface area contributed by atoms with Crippen LogP contribution in [0.5, 0.6) is 0 Å². The lowest BCUT2D eigenvalue weighted by Crippen LogP contribution is -2.49. The second-order valence-corrected chi connectivity index (χ2v) is 8.36. The third kappa shape index (κ3) is 4.12. The monoisotopic (exact) mass is 393 g/mol. The van der Waals surface area contributed by atoms with E-state index in [4.69, 9.17) is 4.74 Å². The van der Waals surface area contributed by atoms with Crippen molar-refractivity contribution in [2.45, 2.75) is 31.9 Å². The Labute approximate surface area is 163 Å². The number of carbonyl (C=O) groups excluding carboxylic acids is 1. The molecule has 0 amide bonds. The first kappa shape index (κ1) is 19.5. The van der Waals surface area contributed by atoms with Gasteiger partial charge in [0.2, 0.25) is 0 Å². The minimum absolute atomic E-state index is 0.0128. The zero-order chi connectivity index (χ0) is 19.9. The van der Waals surface area contributed by atoms with Crippen LogP contribution in [0.1, 0.15) is 25.7 Å². The molecule has 0 aromatic carbocycles. The third-order valence-corrected chi connectivity index (χ3v) is 6.34. The topological polar surface area (TPSA) is 29.5 Å². The van der Waals surface area contributed by atoms with Crippen LogP contribution in [-0.2, 0) is 9.53 Å². The van der Waals surface area contributed by atoms with Gasteiger partial charge in [0, 0.05) is 30.5 Å². The van der Waals surface area contributed by atoms with Gasteiger partial charge in [-0.1, -0.05) is 12.2 Å². The fourth-order valence-corrected chi connectivity index (χ4v) is 4.53. The molecule has 6 heteroatoms. The summed E-state index contributed by atoms with van der Waals surface area (Å²) >= 11 is 0. The highest BCUT2D eigenvalue weighted by atomic mass is 19.4. The summed E-state index contributed by atoms with van der Waals surface area (Å²) in [5, 5.41) is 0. The summed E-state index contributed by atoms with van der Waals surface area (Å²) in [5.74, 6) is -1.43. The van der Waals surface area contributed by atoms with Gasteiger partial charge >= 0.3 is 6.18 Å². The molecule has 1 saturated heterocycles. The Hall–Kier alpha value is -1.82. The Morgan fingerprint density at radius 2 is 2.04 bits per heavy atom. The summed E-state index contributed by atoms with van der Waals surface area (Å²) in [5.41, 5.74) is 1.39. The molecule has 3 atom stereocenters. The number of fused-ring (bicyclic) bond motifs is 1. The fourth-order valence-electron chi connectivity index (χ4n) is 4.53. The first-order valence-corrected chi connectivity index (χ1v) is 10.0. The zero-order valence-corrected chi connectivity index (χ0v) is 16.0. The second kappa shape index (κ2) is 7.54. The van der Waals surface area contributed by atoms with Crippen LogP contribution < -0.4 is 0 Å². The molecule has 4 rings (SSSR count). The number of methoxy groups -OCH3 is 1. The molecule has 2 fully saturated rings.